The molecule has 0 aliphatic carbocycles. The topological polar surface area (TPSA) is 108 Å². The van der Waals surface area contributed by atoms with Crippen LogP contribution in [0.5, 0.6) is 0 Å². The van der Waals surface area contributed by atoms with E-state index in [-0.39, 0.29) is 19.1 Å². The third-order valence-corrected chi connectivity index (χ3v) is 10.2. The van der Waals surface area contributed by atoms with Gasteiger partial charge in [0.25, 0.3) is 7.82 Å². The molecule has 0 heterocycles. The number of nitrogens with one attached hydrogen (secondary N) is 1. The molecule has 0 aromatic rings. The Morgan fingerprint density at radius 1 is 0.694 bits per heavy atom. The van der Waals surface area contributed by atoms with Crippen LogP contribution in [-0.2, 0) is 18.4 Å². The Balaban J connectivity index is 4.00. The summed E-state index contributed by atoms with van der Waals surface area (Å²) in [6.07, 6.45) is 36.4. The highest BCUT2D eigenvalue weighted by atomic mass is 31.2. The van der Waals surface area contributed by atoms with E-state index in [2.05, 4.69) is 19.2 Å². The lowest BCUT2D eigenvalue weighted by Gasteiger charge is -2.29. The molecule has 9 heteroatoms. The van der Waals surface area contributed by atoms with Gasteiger partial charge in [-0.15, -0.1) is 0 Å². The molecule has 0 radical (unpaired) electrons. The second-order valence-corrected chi connectivity index (χ2v) is 16.8. The Morgan fingerprint density at radius 3 is 1.53 bits per heavy atom. The molecule has 292 valence electrons. The summed E-state index contributed by atoms with van der Waals surface area (Å²) in [4.78, 5) is 24.7. The smallest absolute Gasteiger partial charge is 0.268 e. The average Bonchev–Trinajstić information content (AvgIpc) is 3.04. The maximum atomic E-state index is 12.4. The minimum absolute atomic E-state index is 0.000312. The van der Waals surface area contributed by atoms with E-state index >= 15 is 0 Å². The van der Waals surface area contributed by atoms with E-state index in [0.29, 0.717) is 17.4 Å². The lowest BCUT2D eigenvalue weighted by Crippen LogP contribution is -2.45. The van der Waals surface area contributed by atoms with E-state index in [9.17, 15) is 19.4 Å². The van der Waals surface area contributed by atoms with Crippen LogP contribution in [0.15, 0.2) is 12.2 Å². The van der Waals surface area contributed by atoms with Crippen molar-refractivity contribution in [2.24, 2.45) is 0 Å². The standard InChI is InChI=1S/C40H81N2O6P/c1-6-8-10-11-12-13-14-15-16-17-18-19-20-21-22-23-24-25-26-27-28-29-30-32-33-39(43)38(41-40(44)34-31-9-7-2)37-48-49(45,46)47-36-35-42(3,4)5/h32-33,38-39,43H,6-31,34-37H2,1-5H3,(H-,41,44,45,46)/b33-32+. The molecule has 0 rings (SSSR count). The van der Waals surface area contributed by atoms with Crippen LogP contribution in [0.25, 0.3) is 0 Å². The van der Waals surface area contributed by atoms with Crippen molar-refractivity contribution < 1.29 is 32.9 Å². The van der Waals surface area contributed by atoms with Crippen LogP contribution >= 0.6 is 7.82 Å². The van der Waals surface area contributed by atoms with Gasteiger partial charge in [-0.25, -0.2) is 0 Å². The van der Waals surface area contributed by atoms with Crippen LogP contribution in [0.2, 0.25) is 0 Å². The van der Waals surface area contributed by atoms with Crippen molar-refractivity contribution in [1.29, 1.82) is 0 Å². The molecule has 0 aromatic carbocycles. The Kier molecular flexibility index (Phi) is 32.6. The maximum Gasteiger partial charge on any atom is 0.268 e. The van der Waals surface area contributed by atoms with Crippen molar-refractivity contribution >= 4 is 13.7 Å². The zero-order valence-electron chi connectivity index (χ0n) is 32.9. The molecule has 1 amide bonds. The van der Waals surface area contributed by atoms with E-state index in [4.69, 9.17) is 9.05 Å². The second-order valence-electron chi connectivity index (χ2n) is 15.4. The molecule has 2 N–H and O–H groups in total. The van der Waals surface area contributed by atoms with Crippen LogP contribution < -0.4 is 10.2 Å². The van der Waals surface area contributed by atoms with E-state index in [1.165, 1.54) is 128 Å². The number of carbonyl (C=O) groups excluding carboxylic acids is 1. The van der Waals surface area contributed by atoms with Crippen LogP contribution in [0.1, 0.15) is 187 Å². The van der Waals surface area contributed by atoms with Gasteiger partial charge in [0.1, 0.15) is 13.2 Å². The summed E-state index contributed by atoms with van der Waals surface area (Å²) >= 11 is 0. The normalized spacial score (nSPS) is 14.7. The number of amides is 1. The van der Waals surface area contributed by atoms with E-state index in [1.807, 2.05) is 27.2 Å². The Morgan fingerprint density at radius 2 is 1.10 bits per heavy atom. The van der Waals surface area contributed by atoms with Gasteiger partial charge < -0.3 is 28.8 Å². The number of aliphatic hydroxyl groups excluding tert-OH is 1. The number of likely N-dealkylation sites (N-methyl/N-ethyl adjacent to an activating group) is 1. The summed E-state index contributed by atoms with van der Waals surface area (Å²) in [5, 5.41) is 13.5. The Labute approximate surface area is 303 Å². The molecule has 0 saturated carbocycles. The first-order chi connectivity index (χ1) is 23.5. The fourth-order valence-corrected chi connectivity index (χ4v) is 6.64. The number of nitrogens with zero attached hydrogens (tertiary/aromatic N) is 1. The number of phosphoric acid groups is 1. The van der Waals surface area contributed by atoms with Gasteiger partial charge in [0, 0.05) is 6.42 Å². The summed E-state index contributed by atoms with van der Waals surface area (Å²) in [7, 11) is 1.26. The zero-order valence-corrected chi connectivity index (χ0v) is 33.8. The summed E-state index contributed by atoms with van der Waals surface area (Å²) < 4.78 is 22.9. The number of carbonyl (C=O) groups is 1. The van der Waals surface area contributed by atoms with Crippen LogP contribution in [0.3, 0.4) is 0 Å². The van der Waals surface area contributed by atoms with Crippen LogP contribution in [-0.4, -0.2) is 68.5 Å². The van der Waals surface area contributed by atoms with Crippen molar-refractivity contribution in [2.75, 3.05) is 40.9 Å². The summed E-state index contributed by atoms with van der Waals surface area (Å²) in [5.74, 6) is -0.222. The molecule has 0 aliphatic heterocycles. The molecular weight excluding hydrogens is 635 g/mol. The molecule has 3 atom stereocenters. The number of rotatable bonds is 37. The van der Waals surface area contributed by atoms with Gasteiger partial charge in [-0.3, -0.25) is 9.36 Å². The summed E-state index contributed by atoms with van der Waals surface area (Å²) in [6.45, 7) is 4.47. The van der Waals surface area contributed by atoms with Gasteiger partial charge in [0.15, 0.2) is 0 Å². The third-order valence-electron chi connectivity index (χ3n) is 9.25. The predicted molar refractivity (Wildman–Crippen MR) is 205 cm³/mol. The van der Waals surface area contributed by atoms with Gasteiger partial charge in [-0.2, -0.15) is 0 Å². The SMILES string of the molecule is CCCCCCCCCCCCCCCCCCCCCCCC/C=C/C(O)C(COP(=O)([O-])OCC[N+](C)(C)C)NC(=O)CCCCC. The number of aliphatic hydroxyl groups is 1. The van der Waals surface area contributed by atoms with Crippen molar-refractivity contribution in [3.05, 3.63) is 12.2 Å². The fourth-order valence-electron chi connectivity index (χ4n) is 5.92. The first-order valence-electron chi connectivity index (χ1n) is 20.6. The van der Waals surface area contributed by atoms with Gasteiger partial charge in [-0.1, -0.05) is 174 Å². The minimum Gasteiger partial charge on any atom is -0.756 e. The monoisotopic (exact) mass is 717 g/mol. The highest BCUT2D eigenvalue weighted by Crippen LogP contribution is 2.38. The predicted octanol–water partition coefficient (Wildman–Crippen LogP) is 10.2. The average molecular weight is 717 g/mol. The van der Waals surface area contributed by atoms with Crippen molar-refractivity contribution in [3.63, 3.8) is 0 Å². The highest BCUT2D eigenvalue weighted by Gasteiger charge is 2.23. The first kappa shape index (κ1) is 48.2. The summed E-state index contributed by atoms with van der Waals surface area (Å²) in [5.41, 5.74) is 0. The molecule has 0 aromatic heterocycles. The highest BCUT2D eigenvalue weighted by molar-refractivity contribution is 7.45. The lowest BCUT2D eigenvalue weighted by atomic mass is 10.0. The molecule has 8 nitrogen and oxygen atoms in total. The van der Waals surface area contributed by atoms with Crippen molar-refractivity contribution in [3.8, 4) is 0 Å². The molecule has 49 heavy (non-hydrogen) atoms. The Bertz CT molecular complexity index is 819. The zero-order chi connectivity index (χ0) is 36.5. The minimum atomic E-state index is -4.56. The molecule has 0 spiro atoms. The molecule has 0 fully saturated rings. The van der Waals surface area contributed by atoms with Crippen LogP contribution in [0.4, 0.5) is 0 Å². The lowest BCUT2D eigenvalue weighted by molar-refractivity contribution is -0.870. The molecule has 0 bridgehead atoms. The molecule has 0 saturated heterocycles. The van der Waals surface area contributed by atoms with Crippen molar-refractivity contribution in [2.45, 2.75) is 199 Å². The quantitative estimate of drug-likeness (QED) is 0.0287. The summed E-state index contributed by atoms with van der Waals surface area (Å²) in [6, 6.07) is -0.876. The number of phosphoric ester groups is 1. The number of hydrogen-bond donors (Lipinski definition) is 2. The van der Waals surface area contributed by atoms with Gasteiger partial charge in [0.05, 0.1) is 39.9 Å². The van der Waals surface area contributed by atoms with Crippen molar-refractivity contribution in [1.82, 2.24) is 5.32 Å². The molecule has 0 aliphatic rings. The van der Waals surface area contributed by atoms with E-state index in [1.54, 1.807) is 6.08 Å². The van der Waals surface area contributed by atoms with Crippen LogP contribution in [0, 0.1) is 0 Å². The number of quaternary nitrogens is 1. The first-order valence-corrected chi connectivity index (χ1v) is 22.0. The third kappa shape index (κ3) is 35.4. The van der Waals surface area contributed by atoms with E-state index < -0.39 is 20.0 Å². The Hall–Kier alpha value is -0.760. The molecular formula is C40H81N2O6P. The van der Waals surface area contributed by atoms with Gasteiger partial charge >= 0.3 is 0 Å². The van der Waals surface area contributed by atoms with E-state index in [0.717, 1.165) is 38.5 Å². The number of allylic oxidation sites excluding steroid dienone is 1. The van der Waals surface area contributed by atoms with Gasteiger partial charge in [-0.05, 0) is 19.3 Å². The number of unbranched alkanes of at least 4 members (excludes halogenated alkanes) is 24. The van der Waals surface area contributed by atoms with Gasteiger partial charge in [0.2, 0.25) is 5.91 Å². The number of hydrogen-bond acceptors (Lipinski definition) is 6. The fraction of sp³-hybridized carbons (Fsp3) is 0.925. The largest absolute Gasteiger partial charge is 0.756 e. The maximum absolute atomic E-state index is 12.4. The second kappa shape index (κ2) is 33.1. The molecule has 3 unspecified atom stereocenters.